The first-order chi connectivity index (χ1) is 17.5. The number of carbonyl (C=O) groups is 1. The maximum Gasteiger partial charge on any atom is 0.412 e. The molecule has 1 N–H and O–H groups in total. The van der Waals surface area contributed by atoms with Crippen molar-refractivity contribution in [3.05, 3.63) is 96.4 Å². The predicted molar refractivity (Wildman–Crippen MR) is 132 cm³/mol. The number of furan rings is 1. The van der Waals surface area contributed by atoms with Crippen LogP contribution in [0.2, 0.25) is 0 Å². The highest BCUT2D eigenvalue weighted by molar-refractivity contribution is 5.91. The van der Waals surface area contributed by atoms with E-state index in [1.807, 2.05) is 79.7 Å². The molecular formula is C28H22N2O6. The van der Waals surface area contributed by atoms with Gasteiger partial charge in [0.2, 0.25) is 0 Å². The summed E-state index contributed by atoms with van der Waals surface area (Å²) in [6, 6.07) is 25.5. The number of anilines is 1. The van der Waals surface area contributed by atoms with Crippen LogP contribution >= 0.6 is 0 Å². The molecule has 8 nitrogen and oxygen atoms in total. The summed E-state index contributed by atoms with van der Waals surface area (Å²) < 4.78 is 16.6. The topological polar surface area (TPSA) is 112 Å². The third-order valence-corrected chi connectivity index (χ3v) is 5.58. The van der Waals surface area contributed by atoms with E-state index in [9.17, 15) is 4.79 Å². The summed E-state index contributed by atoms with van der Waals surface area (Å²) in [6.45, 7) is 3.60. The Labute approximate surface area is 206 Å². The van der Waals surface area contributed by atoms with Gasteiger partial charge in [-0.1, -0.05) is 71.9 Å². The van der Waals surface area contributed by atoms with E-state index in [0.717, 1.165) is 33.2 Å². The predicted octanol–water partition coefficient (Wildman–Crippen LogP) is 6.79. The van der Waals surface area contributed by atoms with Gasteiger partial charge in [0.1, 0.15) is 23.1 Å². The minimum absolute atomic E-state index is 0.250. The number of benzene rings is 3. The Morgan fingerprint density at radius 3 is 2.33 bits per heavy atom. The number of hydrogen-bond acceptors (Lipinski definition) is 7. The molecule has 1 atom stereocenters. The number of carbonyl (C=O) groups excluding carboxylic acids is 3. The largest absolute Gasteiger partial charge is 0.464 e. The summed E-state index contributed by atoms with van der Waals surface area (Å²) in [4.78, 5) is 28.8. The van der Waals surface area contributed by atoms with Crippen LogP contribution in [0.1, 0.15) is 24.3 Å². The van der Waals surface area contributed by atoms with E-state index in [1.165, 1.54) is 0 Å². The van der Waals surface area contributed by atoms with Crippen molar-refractivity contribution in [1.29, 1.82) is 0 Å². The highest BCUT2D eigenvalue weighted by atomic mass is 16.6. The Hall–Kier alpha value is -4.94. The minimum atomic E-state index is -0.567. The van der Waals surface area contributed by atoms with Gasteiger partial charge in [-0.2, -0.15) is 9.59 Å². The normalized spacial score (nSPS) is 11.2. The monoisotopic (exact) mass is 482 g/mol. The molecule has 1 amide bonds. The van der Waals surface area contributed by atoms with Crippen LogP contribution in [0.15, 0.2) is 94.1 Å². The lowest BCUT2D eigenvalue weighted by Crippen LogP contribution is -2.16. The van der Waals surface area contributed by atoms with Gasteiger partial charge in [0.25, 0.3) is 0 Å². The number of hydrogen-bond donors (Lipinski definition) is 1. The fraction of sp³-hybridized carbons (Fsp3) is 0.107. The lowest BCUT2D eigenvalue weighted by molar-refractivity contribution is -0.191. The highest BCUT2D eigenvalue weighted by Gasteiger charge is 2.20. The van der Waals surface area contributed by atoms with E-state index in [0.29, 0.717) is 17.1 Å². The molecule has 0 radical (unpaired) electrons. The number of nitrogens with one attached hydrogen (secondary N) is 1. The summed E-state index contributed by atoms with van der Waals surface area (Å²) in [5.41, 5.74) is 5.71. The van der Waals surface area contributed by atoms with Crippen molar-refractivity contribution < 1.29 is 28.1 Å². The first kappa shape index (κ1) is 24.2. The zero-order chi connectivity index (χ0) is 25.5. The van der Waals surface area contributed by atoms with Crippen molar-refractivity contribution in [3.63, 3.8) is 0 Å². The molecule has 36 heavy (non-hydrogen) atoms. The van der Waals surface area contributed by atoms with Gasteiger partial charge < -0.3 is 13.7 Å². The average molecular weight is 482 g/mol. The Kier molecular flexibility index (Phi) is 7.39. The molecule has 0 aliphatic heterocycles. The van der Waals surface area contributed by atoms with Crippen LogP contribution < -0.4 is 5.32 Å². The minimum Gasteiger partial charge on any atom is -0.464 e. The molecule has 0 saturated carbocycles. The van der Waals surface area contributed by atoms with Crippen LogP contribution in [0.3, 0.4) is 0 Å². The van der Waals surface area contributed by atoms with Gasteiger partial charge in [0.05, 0.1) is 6.26 Å². The molecule has 0 saturated heterocycles. The molecule has 180 valence electrons. The summed E-state index contributed by atoms with van der Waals surface area (Å²) >= 11 is 0. The summed E-state index contributed by atoms with van der Waals surface area (Å²) in [6.07, 6.45) is 0.979. The maximum atomic E-state index is 12.5. The fourth-order valence-electron chi connectivity index (χ4n) is 3.75. The maximum absolute atomic E-state index is 12.5. The lowest BCUT2D eigenvalue weighted by atomic mass is 10.0. The van der Waals surface area contributed by atoms with Crippen molar-refractivity contribution in [1.82, 2.24) is 5.16 Å². The van der Waals surface area contributed by atoms with Crippen molar-refractivity contribution in [3.8, 4) is 22.5 Å². The van der Waals surface area contributed by atoms with Crippen LogP contribution in [0.5, 0.6) is 0 Å². The zero-order valence-corrected chi connectivity index (χ0v) is 19.6. The molecule has 0 bridgehead atoms. The van der Waals surface area contributed by atoms with Crippen LogP contribution in [-0.4, -0.2) is 17.4 Å². The van der Waals surface area contributed by atoms with E-state index in [2.05, 4.69) is 16.5 Å². The third-order valence-electron chi connectivity index (χ3n) is 5.58. The van der Waals surface area contributed by atoms with Crippen LogP contribution in [0.4, 0.5) is 10.5 Å². The van der Waals surface area contributed by atoms with Gasteiger partial charge in [-0.3, -0.25) is 5.32 Å². The van der Waals surface area contributed by atoms with Crippen molar-refractivity contribution in [2.75, 3.05) is 5.32 Å². The summed E-state index contributed by atoms with van der Waals surface area (Å²) in [5.74, 6) is 0.477. The van der Waals surface area contributed by atoms with Crippen LogP contribution in [-0.2, 0) is 14.3 Å². The van der Waals surface area contributed by atoms with E-state index in [1.54, 1.807) is 13.2 Å². The number of nitrogens with zero attached hydrogens (tertiary/aromatic N) is 1. The third kappa shape index (κ3) is 5.41. The smallest absolute Gasteiger partial charge is 0.412 e. The van der Waals surface area contributed by atoms with Crippen LogP contribution in [0, 0.1) is 6.92 Å². The average Bonchev–Trinajstić information content (AvgIpc) is 3.51. The summed E-state index contributed by atoms with van der Waals surface area (Å²) in [7, 11) is 0. The van der Waals surface area contributed by atoms with Gasteiger partial charge in [-0.15, -0.1) is 0 Å². The second kappa shape index (κ2) is 11.0. The molecule has 5 aromatic rings. The first-order valence-corrected chi connectivity index (χ1v) is 11.1. The second-order valence-electron chi connectivity index (χ2n) is 7.89. The summed E-state index contributed by atoms with van der Waals surface area (Å²) in [5, 5.41) is 7.89. The molecule has 2 aromatic heterocycles. The second-order valence-corrected chi connectivity index (χ2v) is 7.89. The Balaban J connectivity index is 0.000000967. The van der Waals surface area contributed by atoms with Gasteiger partial charge >= 0.3 is 12.2 Å². The molecule has 1 unspecified atom stereocenters. The van der Waals surface area contributed by atoms with Gasteiger partial charge in [0, 0.05) is 10.9 Å². The van der Waals surface area contributed by atoms with E-state index >= 15 is 0 Å². The number of amides is 1. The van der Waals surface area contributed by atoms with E-state index < -0.39 is 6.09 Å². The standard InChI is InChI=1S/C27H22N2O4.CO2/c1-17-25(28-27(30)32-18(2)19-6-4-3-5-7-19)26(33-29-17)22-11-8-20(9-12-22)23-13-10-21-14-15-31-24(21)16-23;2-1-3/h3-16,18H,1-2H3,(H,28,30);. The van der Waals surface area contributed by atoms with E-state index in [4.69, 9.17) is 23.3 Å². The van der Waals surface area contributed by atoms with Crippen molar-refractivity contribution in [2.24, 2.45) is 0 Å². The number of fused-ring (bicyclic) bond motifs is 1. The van der Waals surface area contributed by atoms with Crippen LogP contribution in [0.25, 0.3) is 33.4 Å². The molecule has 0 fully saturated rings. The zero-order valence-electron chi connectivity index (χ0n) is 19.6. The van der Waals surface area contributed by atoms with Gasteiger partial charge in [-0.05, 0) is 42.7 Å². The molecule has 5 rings (SSSR count). The van der Waals surface area contributed by atoms with E-state index in [-0.39, 0.29) is 12.3 Å². The molecule has 0 aliphatic rings. The van der Waals surface area contributed by atoms with Gasteiger partial charge in [0.15, 0.2) is 5.76 Å². The molecule has 0 aliphatic carbocycles. The first-order valence-electron chi connectivity index (χ1n) is 11.1. The molecule has 8 heteroatoms. The Morgan fingerprint density at radius 1 is 0.944 bits per heavy atom. The van der Waals surface area contributed by atoms with Crippen molar-refractivity contribution >= 4 is 28.9 Å². The molecule has 3 aromatic carbocycles. The van der Waals surface area contributed by atoms with Gasteiger partial charge in [-0.25, -0.2) is 4.79 Å². The SMILES string of the molecule is Cc1noc(-c2ccc(-c3ccc4ccoc4c3)cc2)c1NC(=O)OC(C)c1ccccc1.O=C=O. The molecule has 2 heterocycles. The molecule has 0 spiro atoms. The number of ether oxygens (including phenoxy) is 1. The highest BCUT2D eigenvalue weighted by Crippen LogP contribution is 2.33. The number of aromatic nitrogens is 1. The fourth-order valence-corrected chi connectivity index (χ4v) is 3.75. The number of rotatable bonds is 5. The van der Waals surface area contributed by atoms with Crippen molar-refractivity contribution in [2.45, 2.75) is 20.0 Å². The quantitative estimate of drug-likeness (QED) is 0.293. The Morgan fingerprint density at radius 2 is 1.61 bits per heavy atom. The molecular weight excluding hydrogens is 460 g/mol. The number of aryl methyl sites for hydroxylation is 1. The Bertz CT molecular complexity index is 1500. The lowest BCUT2D eigenvalue weighted by Gasteiger charge is -2.14.